The molecule has 0 radical (unpaired) electrons. The fourth-order valence-corrected chi connectivity index (χ4v) is 3.06. The van der Waals surface area contributed by atoms with Gasteiger partial charge in [0.1, 0.15) is 5.76 Å². The Balaban J connectivity index is 1.51. The number of hydrogen-bond acceptors (Lipinski definition) is 3. The van der Waals surface area contributed by atoms with E-state index in [-0.39, 0.29) is 11.8 Å². The standard InChI is InChI=1S/C23H23ClN2O3/c24-20-12-10-19(11-13-20)23(28)25-14-4-9-22(27)26(17-21-8-5-15-29-21)16-18-6-2-1-3-7-18/h1-3,5-8,10-13,15H,4,9,14,16-17H2,(H,25,28). The highest BCUT2D eigenvalue weighted by atomic mass is 35.5. The molecule has 0 fully saturated rings. The number of carbonyl (C=O) groups excluding carboxylic acids is 2. The molecule has 1 N–H and O–H groups in total. The maximum atomic E-state index is 12.8. The number of benzene rings is 2. The third kappa shape index (κ3) is 6.50. The zero-order valence-electron chi connectivity index (χ0n) is 16.0. The fourth-order valence-electron chi connectivity index (χ4n) is 2.93. The summed E-state index contributed by atoms with van der Waals surface area (Å²) in [5.74, 6) is 0.585. The van der Waals surface area contributed by atoms with Crippen LogP contribution in [0.15, 0.2) is 77.4 Å². The monoisotopic (exact) mass is 410 g/mol. The third-order valence-electron chi connectivity index (χ3n) is 4.46. The van der Waals surface area contributed by atoms with E-state index in [1.54, 1.807) is 35.4 Å². The van der Waals surface area contributed by atoms with Gasteiger partial charge in [-0.3, -0.25) is 9.59 Å². The van der Waals surface area contributed by atoms with Crippen LogP contribution in [0.1, 0.15) is 34.5 Å². The van der Waals surface area contributed by atoms with Crippen molar-refractivity contribution in [3.63, 3.8) is 0 Å². The molecule has 2 aromatic carbocycles. The first kappa shape index (κ1) is 20.7. The number of furan rings is 1. The average molecular weight is 411 g/mol. The molecule has 29 heavy (non-hydrogen) atoms. The van der Waals surface area contributed by atoms with Gasteiger partial charge in [-0.25, -0.2) is 0 Å². The average Bonchev–Trinajstić information content (AvgIpc) is 3.25. The summed E-state index contributed by atoms with van der Waals surface area (Å²) in [7, 11) is 0. The van der Waals surface area contributed by atoms with E-state index in [1.165, 1.54) is 0 Å². The van der Waals surface area contributed by atoms with Crippen LogP contribution >= 0.6 is 11.6 Å². The summed E-state index contributed by atoms with van der Waals surface area (Å²) in [6, 6.07) is 20.2. The smallest absolute Gasteiger partial charge is 0.251 e. The van der Waals surface area contributed by atoms with Crippen LogP contribution in [0.25, 0.3) is 0 Å². The number of amides is 2. The summed E-state index contributed by atoms with van der Waals surface area (Å²) >= 11 is 5.84. The van der Waals surface area contributed by atoms with Crippen LogP contribution in [0.2, 0.25) is 5.02 Å². The van der Waals surface area contributed by atoms with Gasteiger partial charge >= 0.3 is 0 Å². The van der Waals surface area contributed by atoms with Gasteiger partial charge in [-0.15, -0.1) is 0 Å². The van der Waals surface area contributed by atoms with Crippen molar-refractivity contribution in [3.8, 4) is 0 Å². The number of halogens is 1. The van der Waals surface area contributed by atoms with E-state index in [1.807, 2.05) is 42.5 Å². The van der Waals surface area contributed by atoms with Gasteiger partial charge in [0.15, 0.2) is 0 Å². The maximum Gasteiger partial charge on any atom is 0.251 e. The Morgan fingerprint density at radius 3 is 2.38 bits per heavy atom. The molecule has 3 aromatic rings. The molecule has 1 heterocycles. The highest BCUT2D eigenvalue weighted by molar-refractivity contribution is 6.30. The van der Waals surface area contributed by atoms with Crippen molar-refractivity contribution in [2.75, 3.05) is 6.54 Å². The summed E-state index contributed by atoms with van der Waals surface area (Å²) in [5.41, 5.74) is 1.60. The van der Waals surface area contributed by atoms with Crippen molar-refractivity contribution in [1.82, 2.24) is 10.2 Å². The zero-order chi connectivity index (χ0) is 20.5. The van der Waals surface area contributed by atoms with Gasteiger partial charge < -0.3 is 14.6 Å². The van der Waals surface area contributed by atoms with Crippen LogP contribution in [-0.4, -0.2) is 23.3 Å². The Hall–Kier alpha value is -3.05. The van der Waals surface area contributed by atoms with Crippen LogP contribution in [0, 0.1) is 0 Å². The summed E-state index contributed by atoms with van der Waals surface area (Å²) in [6.07, 6.45) is 2.50. The van der Waals surface area contributed by atoms with Crippen LogP contribution in [-0.2, 0) is 17.9 Å². The van der Waals surface area contributed by atoms with Gasteiger partial charge in [-0.05, 0) is 48.4 Å². The van der Waals surface area contributed by atoms with Crippen molar-refractivity contribution in [3.05, 3.63) is 94.9 Å². The first-order valence-corrected chi connectivity index (χ1v) is 9.87. The molecule has 0 spiro atoms. The highest BCUT2D eigenvalue weighted by Crippen LogP contribution is 2.13. The Bertz CT molecular complexity index is 909. The van der Waals surface area contributed by atoms with E-state index in [2.05, 4.69) is 5.32 Å². The predicted octanol–water partition coefficient (Wildman–Crippen LogP) is 4.67. The SMILES string of the molecule is O=C(NCCCC(=O)N(Cc1ccccc1)Cc1ccco1)c1ccc(Cl)cc1. The second kappa shape index (κ2) is 10.5. The molecule has 0 saturated heterocycles. The molecule has 0 aliphatic rings. The third-order valence-corrected chi connectivity index (χ3v) is 4.71. The van der Waals surface area contributed by atoms with Crippen LogP contribution in [0.5, 0.6) is 0 Å². The van der Waals surface area contributed by atoms with Gasteiger partial charge in [-0.1, -0.05) is 41.9 Å². The quantitative estimate of drug-likeness (QED) is 0.521. The Morgan fingerprint density at radius 2 is 1.69 bits per heavy atom. The first-order valence-electron chi connectivity index (χ1n) is 9.49. The van der Waals surface area contributed by atoms with Gasteiger partial charge in [0.25, 0.3) is 5.91 Å². The van der Waals surface area contributed by atoms with Gasteiger partial charge in [0.05, 0.1) is 12.8 Å². The minimum atomic E-state index is -0.175. The minimum Gasteiger partial charge on any atom is -0.467 e. The molecule has 5 nitrogen and oxygen atoms in total. The number of carbonyl (C=O) groups is 2. The topological polar surface area (TPSA) is 62.6 Å². The second-order valence-electron chi connectivity index (χ2n) is 6.68. The minimum absolute atomic E-state index is 0.0194. The molecule has 0 aliphatic heterocycles. The molecule has 150 valence electrons. The molecule has 2 amide bonds. The molecular weight excluding hydrogens is 388 g/mol. The molecule has 6 heteroatoms. The molecule has 0 bridgehead atoms. The van der Waals surface area contributed by atoms with Crippen molar-refractivity contribution in [2.45, 2.75) is 25.9 Å². The maximum absolute atomic E-state index is 12.8. The lowest BCUT2D eigenvalue weighted by Gasteiger charge is -2.22. The van der Waals surface area contributed by atoms with Gasteiger partial charge in [-0.2, -0.15) is 0 Å². The summed E-state index contributed by atoms with van der Waals surface area (Å²) in [5, 5.41) is 3.42. The highest BCUT2D eigenvalue weighted by Gasteiger charge is 2.16. The fraction of sp³-hybridized carbons (Fsp3) is 0.217. The van der Waals surface area contributed by atoms with Crippen molar-refractivity contribution < 1.29 is 14.0 Å². The van der Waals surface area contributed by atoms with Crippen molar-refractivity contribution in [1.29, 1.82) is 0 Å². The lowest BCUT2D eigenvalue weighted by Crippen LogP contribution is -2.31. The molecule has 0 aliphatic carbocycles. The van der Waals surface area contributed by atoms with E-state index < -0.39 is 0 Å². The van der Waals surface area contributed by atoms with Crippen LogP contribution in [0.4, 0.5) is 0 Å². The van der Waals surface area contributed by atoms with E-state index in [0.29, 0.717) is 43.1 Å². The van der Waals surface area contributed by atoms with Crippen LogP contribution in [0.3, 0.4) is 0 Å². The van der Waals surface area contributed by atoms with Crippen molar-refractivity contribution in [2.24, 2.45) is 0 Å². The molecule has 0 unspecified atom stereocenters. The van der Waals surface area contributed by atoms with E-state index in [9.17, 15) is 9.59 Å². The molecule has 1 aromatic heterocycles. The lowest BCUT2D eigenvalue weighted by molar-refractivity contribution is -0.132. The summed E-state index contributed by atoms with van der Waals surface area (Å²) in [4.78, 5) is 26.7. The largest absolute Gasteiger partial charge is 0.467 e. The second-order valence-corrected chi connectivity index (χ2v) is 7.12. The molecule has 0 atom stereocenters. The Kier molecular flexibility index (Phi) is 7.47. The Morgan fingerprint density at radius 1 is 0.931 bits per heavy atom. The number of nitrogens with one attached hydrogen (secondary N) is 1. The number of rotatable bonds is 9. The van der Waals surface area contributed by atoms with Crippen molar-refractivity contribution >= 4 is 23.4 Å². The predicted molar refractivity (Wildman–Crippen MR) is 112 cm³/mol. The summed E-state index contributed by atoms with van der Waals surface area (Å²) < 4.78 is 5.41. The normalized spacial score (nSPS) is 10.5. The molecular formula is C23H23ClN2O3. The van der Waals surface area contributed by atoms with E-state index in [4.69, 9.17) is 16.0 Å². The number of hydrogen-bond donors (Lipinski definition) is 1. The summed E-state index contributed by atoms with van der Waals surface area (Å²) in [6.45, 7) is 1.35. The van der Waals surface area contributed by atoms with Gasteiger partial charge in [0, 0.05) is 30.1 Å². The van der Waals surface area contributed by atoms with Gasteiger partial charge in [0.2, 0.25) is 5.91 Å². The number of nitrogens with zero attached hydrogens (tertiary/aromatic N) is 1. The van der Waals surface area contributed by atoms with E-state index in [0.717, 1.165) is 11.3 Å². The zero-order valence-corrected chi connectivity index (χ0v) is 16.8. The van der Waals surface area contributed by atoms with E-state index >= 15 is 0 Å². The van der Waals surface area contributed by atoms with Crippen LogP contribution < -0.4 is 5.32 Å². The lowest BCUT2D eigenvalue weighted by atomic mass is 10.2. The Labute approximate surface area is 175 Å². The molecule has 3 rings (SSSR count). The first-order chi connectivity index (χ1) is 14.1. The molecule has 0 saturated carbocycles.